The molecule has 0 aromatic rings. The summed E-state index contributed by atoms with van der Waals surface area (Å²) >= 11 is 0. The van der Waals surface area contributed by atoms with Gasteiger partial charge in [-0.15, -0.1) is 0 Å². The van der Waals surface area contributed by atoms with Crippen LogP contribution in [0.5, 0.6) is 0 Å². The van der Waals surface area contributed by atoms with E-state index in [4.69, 9.17) is 4.74 Å². The molecule has 18 heavy (non-hydrogen) atoms. The van der Waals surface area contributed by atoms with Gasteiger partial charge in [-0.25, -0.2) is 4.79 Å². The molecule has 104 valence electrons. The molecule has 0 aromatic heterocycles. The van der Waals surface area contributed by atoms with Gasteiger partial charge in [-0.3, -0.25) is 4.90 Å². The highest BCUT2D eigenvalue weighted by atomic mass is 28.3. The number of rotatable bonds is 4. The van der Waals surface area contributed by atoms with Crippen LogP contribution in [0.25, 0.3) is 0 Å². The second-order valence-electron chi connectivity index (χ2n) is 6.89. The molecular formula is C13H25NO3Si. The fraction of sp³-hybridized carbons (Fsp3) is 0.923. The first kappa shape index (κ1) is 13.9. The fourth-order valence-corrected chi connectivity index (χ4v) is 3.45. The maximum atomic E-state index is 12.2. The first-order valence-corrected chi connectivity index (χ1v) is 10.7. The van der Waals surface area contributed by atoms with E-state index >= 15 is 0 Å². The van der Waals surface area contributed by atoms with Crippen LogP contribution in [0.15, 0.2) is 0 Å². The third kappa shape index (κ3) is 2.88. The highest BCUT2D eigenvalue weighted by Crippen LogP contribution is 2.52. The number of carbonyl (C=O) groups is 1. The summed E-state index contributed by atoms with van der Waals surface area (Å²) in [7, 11) is -1.15. The summed E-state index contributed by atoms with van der Waals surface area (Å²) in [6, 6.07) is 0.982. The molecule has 2 aliphatic rings. The summed E-state index contributed by atoms with van der Waals surface area (Å²) in [5.41, 5.74) is 0.0453. The van der Waals surface area contributed by atoms with Gasteiger partial charge >= 0.3 is 6.09 Å². The van der Waals surface area contributed by atoms with Crippen LogP contribution >= 0.6 is 0 Å². The molecule has 1 N–H and O–H groups in total. The molecule has 1 saturated heterocycles. The molecule has 1 saturated carbocycles. The predicted molar refractivity (Wildman–Crippen MR) is 73.4 cm³/mol. The zero-order valence-corrected chi connectivity index (χ0v) is 12.7. The maximum absolute atomic E-state index is 12.2. The van der Waals surface area contributed by atoms with Gasteiger partial charge in [-0.05, 0) is 31.7 Å². The van der Waals surface area contributed by atoms with Gasteiger partial charge in [0.25, 0.3) is 0 Å². The van der Waals surface area contributed by atoms with Crippen LogP contribution in [-0.2, 0) is 4.74 Å². The molecule has 1 aliphatic carbocycles. The van der Waals surface area contributed by atoms with Crippen molar-refractivity contribution in [3.05, 3.63) is 0 Å². The summed E-state index contributed by atoms with van der Waals surface area (Å²) in [6.45, 7) is 7.41. The fourth-order valence-electron chi connectivity index (χ4n) is 2.74. The third-order valence-corrected chi connectivity index (χ3v) is 5.84. The Morgan fingerprint density at radius 1 is 1.39 bits per heavy atom. The number of aliphatic hydroxyl groups excluding tert-OH is 1. The number of likely N-dealkylation sites (tertiary alicyclic amines) is 1. The molecule has 1 heterocycles. The van der Waals surface area contributed by atoms with Crippen LogP contribution in [0.3, 0.4) is 0 Å². The van der Waals surface area contributed by atoms with Gasteiger partial charge in [0.05, 0.1) is 19.3 Å². The second kappa shape index (κ2) is 4.85. The van der Waals surface area contributed by atoms with E-state index in [0.29, 0.717) is 6.61 Å². The van der Waals surface area contributed by atoms with E-state index in [-0.39, 0.29) is 24.3 Å². The topological polar surface area (TPSA) is 49.8 Å². The van der Waals surface area contributed by atoms with Crippen LogP contribution in [-0.4, -0.2) is 49.0 Å². The van der Waals surface area contributed by atoms with E-state index < -0.39 is 8.07 Å². The number of ether oxygens (including phenoxy) is 1. The molecule has 0 aromatic carbocycles. The summed E-state index contributed by atoms with van der Waals surface area (Å²) in [6.07, 6.45) is 3.89. The van der Waals surface area contributed by atoms with E-state index in [0.717, 1.165) is 31.7 Å². The largest absolute Gasteiger partial charge is 0.450 e. The molecule has 0 radical (unpaired) electrons. The Morgan fingerprint density at radius 2 is 2.06 bits per heavy atom. The van der Waals surface area contributed by atoms with Gasteiger partial charge in [0.15, 0.2) is 0 Å². The minimum absolute atomic E-state index is 0.0214. The summed E-state index contributed by atoms with van der Waals surface area (Å²) in [5, 5.41) is 9.36. The molecule has 4 nitrogen and oxygen atoms in total. The Morgan fingerprint density at radius 3 is 2.56 bits per heavy atom. The third-order valence-electron chi connectivity index (χ3n) is 4.13. The number of amides is 1. The van der Waals surface area contributed by atoms with Crippen molar-refractivity contribution in [1.82, 2.24) is 4.90 Å². The molecule has 0 bridgehead atoms. The Balaban J connectivity index is 1.87. The van der Waals surface area contributed by atoms with Gasteiger partial charge in [0, 0.05) is 13.6 Å². The molecule has 2 rings (SSSR count). The lowest BCUT2D eigenvalue weighted by Crippen LogP contribution is -2.44. The SMILES string of the molecule is C[Si](C)(C)CCOC(=O)N1C(CO)CCC12CC2. The number of hydrogen-bond donors (Lipinski definition) is 1. The average Bonchev–Trinajstić information content (AvgIpc) is 2.90. The van der Waals surface area contributed by atoms with Crippen molar-refractivity contribution >= 4 is 14.2 Å². The summed E-state index contributed by atoms with van der Waals surface area (Å²) in [5.74, 6) is 0. The van der Waals surface area contributed by atoms with E-state index in [1.807, 2.05) is 4.90 Å². The summed E-state index contributed by atoms with van der Waals surface area (Å²) < 4.78 is 5.42. The second-order valence-corrected chi connectivity index (χ2v) is 12.5. The van der Waals surface area contributed by atoms with Gasteiger partial charge in [0.2, 0.25) is 0 Å². The van der Waals surface area contributed by atoms with Crippen molar-refractivity contribution in [2.75, 3.05) is 13.2 Å². The lowest BCUT2D eigenvalue weighted by Gasteiger charge is -2.29. The minimum Gasteiger partial charge on any atom is -0.450 e. The smallest absolute Gasteiger partial charge is 0.410 e. The Kier molecular flexibility index (Phi) is 3.74. The Hall–Kier alpha value is -0.553. The highest BCUT2D eigenvalue weighted by molar-refractivity contribution is 6.76. The molecule has 1 unspecified atom stereocenters. The first-order valence-electron chi connectivity index (χ1n) is 6.95. The van der Waals surface area contributed by atoms with Crippen molar-refractivity contribution in [3.8, 4) is 0 Å². The zero-order chi connectivity index (χ0) is 13.4. The van der Waals surface area contributed by atoms with Crippen molar-refractivity contribution in [3.63, 3.8) is 0 Å². The van der Waals surface area contributed by atoms with E-state index in [9.17, 15) is 9.90 Å². The zero-order valence-electron chi connectivity index (χ0n) is 11.7. The molecule has 1 spiro atoms. The Bertz CT molecular complexity index is 323. The molecule has 2 fully saturated rings. The molecule has 1 aliphatic heterocycles. The van der Waals surface area contributed by atoms with Gasteiger partial charge in [-0.2, -0.15) is 0 Å². The Labute approximate surface area is 110 Å². The number of aliphatic hydroxyl groups is 1. The van der Waals surface area contributed by atoms with Crippen LogP contribution in [0, 0.1) is 0 Å². The van der Waals surface area contributed by atoms with E-state index in [2.05, 4.69) is 19.6 Å². The van der Waals surface area contributed by atoms with Crippen molar-refractivity contribution < 1.29 is 14.6 Å². The molecule has 1 amide bonds. The van der Waals surface area contributed by atoms with Gasteiger partial charge in [-0.1, -0.05) is 19.6 Å². The van der Waals surface area contributed by atoms with Crippen LogP contribution in [0.4, 0.5) is 4.79 Å². The predicted octanol–water partition coefficient (Wildman–Crippen LogP) is 2.45. The monoisotopic (exact) mass is 271 g/mol. The summed E-state index contributed by atoms with van der Waals surface area (Å²) in [4.78, 5) is 14.0. The lowest BCUT2D eigenvalue weighted by molar-refractivity contribution is 0.0681. The molecule has 5 heteroatoms. The molecular weight excluding hydrogens is 246 g/mol. The highest BCUT2D eigenvalue weighted by Gasteiger charge is 2.57. The van der Waals surface area contributed by atoms with Crippen molar-refractivity contribution in [2.45, 2.75) is 62.9 Å². The van der Waals surface area contributed by atoms with Crippen LogP contribution in [0.1, 0.15) is 25.7 Å². The molecule has 1 atom stereocenters. The number of carbonyl (C=O) groups excluding carboxylic acids is 1. The quantitative estimate of drug-likeness (QED) is 0.799. The van der Waals surface area contributed by atoms with E-state index in [1.54, 1.807) is 0 Å². The van der Waals surface area contributed by atoms with Crippen molar-refractivity contribution in [1.29, 1.82) is 0 Å². The maximum Gasteiger partial charge on any atom is 0.410 e. The first-order chi connectivity index (χ1) is 8.38. The number of nitrogens with zero attached hydrogens (tertiary/aromatic N) is 1. The lowest BCUT2D eigenvalue weighted by atomic mass is 10.2. The average molecular weight is 271 g/mol. The standard InChI is InChI=1S/C13H25NO3Si/c1-18(2,3)9-8-17-12(16)14-11(10-15)4-5-13(14)6-7-13/h11,15H,4-10H2,1-3H3. The van der Waals surface area contributed by atoms with Gasteiger partial charge in [0.1, 0.15) is 0 Å². The van der Waals surface area contributed by atoms with Crippen LogP contribution in [0.2, 0.25) is 25.7 Å². The normalized spacial score (nSPS) is 25.6. The number of hydrogen-bond acceptors (Lipinski definition) is 3. The van der Waals surface area contributed by atoms with Crippen molar-refractivity contribution in [2.24, 2.45) is 0 Å². The van der Waals surface area contributed by atoms with Crippen LogP contribution < -0.4 is 0 Å². The minimum atomic E-state index is -1.15. The van der Waals surface area contributed by atoms with Gasteiger partial charge < -0.3 is 9.84 Å². The van der Waals surface area contributed by atoms with E-state index in [1.165, 1.54) is 0 Å².